The van der Waals surface area contributed by atoms with E-state index in [1.807, 2.05) is 66.7 Å². The van der Waals surface area contributed by atoms with Crippen LogP contribution in [0.3, 0.4) is 0 Å². The Kier molecular flexibility index (Phi) is 7.74. The number of hydrogen-bond acceptors (Lipinski definition) is 4. The Balaban J connectivity index is 0.000000221. The fourth-order valence-corrected chi connectivity index (χ4v) is 2.74. The van der Waals surface area contributed by atoms with Gasteiger partial charge in [-0.05, 0) is 47.4 Å². The third-order valence-corrected chi connectivity index (χ3v) is 4.56. The molecule has 2 atom stereocenters. The average Bonchev–Trinajstić information content (AvgIpc) is 2.73. The maximum absolute atomic E-state index is 10.9. The maximum Gasteiger partial charge on any atom is 0.320 e. The van der Waals surface area contributed by atoms with E-state index in [0.29, 0.717) is 6.42 Å². The summed E-state index contributed by atoms with van der Waals surface area (Å²) in [7, 11) is 1.63. The monoisotopic (exact) mass is 395 g/mol. The molecule has 152 valence electrons. The average molecular weight is 395 g/mol. The van der Waals surface area contributed by atoms with Crippen molar-refractivity contribution in [3.8, 4) is 5.75 Å². The van der Waals surface area contributed by atoms with Gasteiger partial charge in [0.05, 0.1) is 13.0 Å². The third-order valence-electron chi connectivity index (χ3n) is 4.56. The van der Waals surface area contributed by atoms with E-state index < -0.39 is 23.9 Å². The molecule has 0 aliphatic rings. The Morgan fingerprint density at radius 2 is 1.55 bits per heavy atom. The zero-order chi connectivity index (χ0) is 21.4. The van der Waals surface area contributed by atoms with Gasteiger partial charge in [0.2, 0.25) is 0 Å². The van der Waals surface area contributed by atoms with Crippen LogP contribution in [0.1, 0.15) is 24.0 Å². The third kappa shape index (κ3) is 6.33. The first-order valence-electron chi connectivity index (χ1n) is 9.14. The fraction of sp³-hybridized carbons (Fsp3) is 0.217. The molecule has 0 aliphatic carbocycles. The van der Waals surface area contributed by atoms with E-state index in [4.69, 9.17) is 20.7 Å². The SMILES string of the molecule is COc1ccc2cc([C@H](C)C(=O)O)ccc2c1.N[C@@H](Cc1ccccc1)C(=O)O. The standard InChI is InChI=1S/C14H14O3.C9H11NO2/c1-9(14(15)16)10-3-4-12-8-13(17-2)6-5-11(12)7-10;10-8(9(11)12)6-7-4-2-1-3-5-7/h3-9H,1-2H3,(H,15,16);1-5,8H,6,10H2,(H,11,12)/t9-;8-/m00/s1. The Morgan fingerprint density at radius 3 is 2.14 bits per heavy atom. The second-order valence-corrected chi connectivity index (χ2v) is 6.67. The topological polar surface area (TPSA) is 110 Å². The van der Waals surface area contributed by atoms with E-state index in [-0.39, 0.29) is 0 Å². The van der Waals surface area contributed by atoms with Crippen molar-refractivity contribution in [2.24, 2.45) is 5.73 Å². The highest BCUT2D eigenvalue weighted by Crippen LogP contribution is 2.25. The molecule has 3 aromatic carbocycles. The molecule has 0 fully saturated rings. The summed E-state index contributed by atoms with van der Waals surface area (Å²) in [6.45, 7) is 1.69. The molecular formula is C23H25NO5. The van der Waals surface area contributed by atoms with Crippen LogP contribution in [0.4, 0.5) is 0 Å². The van der Waals surface area contributed by atoms with Crippen LogP contribution < -0.4 is 10.5 Å². The summed E-state index contributed by atoms with van der Waals surface area (Å²) >= 11 is 0. The van der Waals surface area contributed by atoms with Crippen LogP contribution in [-0.4, -0.2) is 35.3 Å². The Morgan fingerprint density at radius 1 is 0.931 bits per heavy atom. The second-order valence-electron chi connectivity index (χ2n) is 6.67. The molecule has 0 bridgehead atoms. The van der Waals surface area contributed by atoms with Crippen molar-refractivity contribution >= 4 is 22.7 Å². The van der Waals surface area contributed by atoms with E-state index in [1.54, 1.807) is 14.0 Å². The van der Waals surface area contributed by atoms with Gasteiger partial charge >= 0.3 is 11.9 Å². The molecular weight excluding hydrogens is 370 g/mol. The van der Waals surface area contributed by atoms with Gasteiger partial charge in [-0.25, -0.2) is 0 Å². The summed E-state index contributed by atoms with van der Waals surface area (Å²) in [6.07, 6.45) is 0.385. The number of methoxy groups -OCH3 is 1. The number of aliphatic carboxylic acids is 2. The molecule has 6 nitrogen and oxygen atoms in total. The summed E-state index contributed by atoms with van der Waals surface area (Å²) < 4.78 is 5.14. The number of carboxylic acids is 2. The number of carboxylic acid groups (broad SMARTS) is 2. The molecule has 0 heterocycles. The summed E-state index contributed by atoms with van der Waals surface area (Å²) in [5.74, 6) is -1.45. The highest BCUT2D eigenvalue weighted by Gasteiger charge is 2.13. The highest BCUT2D eigenvalue weighted by molar-refractivity contribution is 5.86. The van der Waals surface area contributed by atoms with Gasteiger partial charge in [0.25, 0.3) is 0 Å². The van der Waals surface area contributed by atoms with Gasteiger partial charge < -0.3 is 20.7 Å². The smallest absolute Gasteiger partial charge is 0.320 e. The molecule has 0 saturated carbocycles. The van der Waals surface area contributed by atoms with Crippen LogP contribution in [0, 0.1) is 0 Å². The molecule has 0 aliphatic heterocycles. The zero-order valence-corrected chi connectivity index (χ0v) is 16.4. The molecule has 3 rings (SSSR count). The molecule has 29 heavy (non-hydrogen) atoms. The molecule has 0 amide bonds. The summed E-state index contributed by atoms with van der Waals surface area (Å²) in [6, 6.07) is 20.0. The van der Waals surface area contributed by atoms with Gasteiger partial charge in [0.1, 0.15) is 11.8 Å². The molecule has 0 spiro atoms. The van der Waals surface area contributed by atoms with E-state index in [0.717, 1.165) is 27.6 Å². The number of ether oxygens (including phenoxy) is 1. The summed E-state index contributed by atoms with van der Waals surface area (Å²) in [5.41, 5.74) is 7.12. The largest absolute Gasteiger partial charge is 0.497 e. The van der Waals surface area contributed by atoms with Gasteiger partial charge in [-0.1, -0.05) is 54.6 Å². The molecule has 3 aromatic rings. The van der Waals surface area contributed by atoms with Gasteiger partial charge in [-0.2, -0.15) is 0 Å². The van der Waals surface area contributed by atoms with Crippen LogP contribution in [0.5, 0.6) is 5.75 Å². The van der Waals surface area contributed by atoms with Gasteiger partial charge in [-0.15, -0.1) is 0 Å². The van der Waals surface area contributed by atoms with E-state index in [1.165, 1.54) is 0 Å². The van der Waals surface area contributed by atoms with Crippen molar-refractivity contribution in [3.63, 3.8) is 0 Å². The molecule has 0 saturated heterocycles. The minimum absolute atomic E-state index is 0.385. The van der Waals surface area contributed by atoms with Crippen molar-refractivity contribution in [3.05, 3.63) is 77.9 Å². The first-order chi connectivity index (χ1) is 13.8. The van der Waals surface area contributed by atoms with E-state index >= 15 is 0 Å². The Hall–Kier alpha value is -3.38. The van der Waals surface area contributed by atoms with Crippen molar-refractivity contribution < 1.29 is 24.5 Å². The normalized spacial score (nSPS) is 12.4. The molecule has 4 N–H and O–H groups in total. The second kappa shape index (κ2) is 10.2. The predicted octanol–water partition coefficient (Wildman–Crippen LogP) is 3.68. The first-order valence-corrected chi connectivity index (χ1v) is 9.14. The molecule has 6 heteroatoms. The Labute approximate surface area is 169 Å². The Bertz CT molecular complexity index is 971. The summed E-state index contributed by atoms with van der Waals surface area (Å²) in [5, 5.41) is 19.6. The lowest BCUT2D eigenvalue weighted by Crippen LogP contribution is -2.32. The number of hydrogen-bond donors (Lipinski definition) is 3. The van der Waals surface area contributed by atoms with Crippen molar-refractivity contribution in [2.45, 2.75) is 25.3 Å². The number of fused-ring (bicyclic) bond motifs is 1. The van der Waals surface area contributed by atoms with E-state index in [2.05, 4.69) is 0 Å². The summed E-state index contributed by atoms with van der Waals surface area (Å²) in [4.78, 5) is 21.3. The first kappa shape index (κ1) is 21.9. The molecule has 0 unspecified atom stereocenters. The number of benzene rings is 3. The number of nitrogens with two attached hydrogens (primary N) is 1. The van der Waals surface area contributed by atoms with Crippen molar-refractivity contribution in [1.82, 2.24) is 0 Å². The number of carbonyl (C=O) groups is 2. The molecule has 0 aromatic heterocycles. The van der Waals surface area contributed by atoms with Crippen LogP contribution in [0.25, 0.3) is 10.8 Å². The van der Waals surface area contributed by atoms with Crippen molar-refractivity contribution in [2.75, 3.05) is 7.11 Å². The lowest BCUT2D eigenvalue weighted by atomic mass is 9.98. The van der Waals surface area contributed by atoms with Gasteiger partial charge in [0.15, 0.2) is 0 Å². The lowest BCUT2D eigenvalue weighted by Gasteiger charge is -2.08. The quantitative estimate of drug-likeness (QED) is 0.587. The lowest BCUT2D eigenvalue weighted by molar-refractivity contribution is -0.139. The van der Waals surface area contributed by atoms with Crippen LogP contribution >= 0.6 is 0 Å². The molecule has 0 radical (unpaired) electrons. The zero-order valence-electron chi connectivity index (χ0n) is 16.4. The number of rotatable bonds is 6. The van der Waals surface area contributed by atoms with E-state index in [9.17, 15) is 9.59 Å². The van der Waals surface area contributed by atoms with Crippen LogP contribution in [0.2, 0.25) is 0 Å². The minimum atomic E-state index is -0.959. The van der Waals surface area contributed by atoms with Gasteiger partial charge in [0, 0.05) is 0 Å². The minimum Gasteiger partial charge on any atom is -0.497 e. The maximum atomic E-state index is 10.9. The van der Waals surface area contributed by atoms with Crippen LogP contribution in [0.15, 0.2) is 66.7 Å². The van der Waals surface area contributed by atoms with Gasteiger partial charge in [-0.3, -0.25) is 9.59 Å². The highest BCUT2D eigenvalue weighted by atomic mass is 16.5. The van der Waals surface area contributed by atoms with Crippen LogP contribution in [-0.2, 0) is 16.0 Å². The van der Waals surface area contributed by atoms with Crippen molar-refractivity contribution in [1.29, 1.82) is 0 Å². The fourth-order valence-electron chi connectivity index (χ4n) is 2.74. The predicted molar refractivity (Wildman–Crippen MR) is 112 cm³/mol.